The molecule has 0 aromatic carbocycles. The topological polar surface area (TPSA) is 49.7 Å². The van der Waals surface area contributed by atoms with Crippen LogP contribution >= 0.6 is 0 Å². The minimum atomic E-state index is -0.260. The molecule has 2 aliphatic heterocycles. The Morgan fingerprint density at radius 2 is 1.76 bits per heavy atom. The minimum Gasteiger partial charge on any atom is -0.392 e. The highest BCUT2D eigenvalue weighted by Crippen LogP contribution is 2.46. The van der Waals surface area contributed by atoms with Gasteiger partial charge in [-0.2, -0.15) is 0 Å². The Morgan fingerprint density at radius 3 is 2.56 bits per heavy atom. The molecule has 1 aliphatic carbocycles. The lowest BCUT2D eigenvalue weighted by Crippen LogP contribution is -2.27. The fourth-order valence-electron chi connectivity index (χ4n) is 5.17. The van der Waals surface area contributed by atoms with Gasteiger partial charge in [-0.25, -0.2) is 0 Å². The normalized spacial score (nSPS) is 34.5. The molecule has 3 rings (SSSR count). The summed E-state index contributed by atoms with van der Waals surface area (Å²) < 4.78 is 6.19. The summed E-state index contributed by atoms with van der Waals surface area (Å²) in [4.78, 5) is 0. The number of fused-ring (bicyclic) bond motifs is 2. The molecule has 142 valence electrons. The van der Waals surface area contributed by atoms with Crippen molar-refractivity contribution in [2.75, 3.05) is 6.61 Å². The van der Waals surface area contributed by atoms with Gasteiger partial charge in [0.1, 0.15) is 0 Å². The Kier molecular flexibility index (Phi) is 7.57. The van der Waals surface area contributed by atoms with E-state index >= 15 is 0 Å². The maximum absolute atomic E-state index is 10.5. The SMILES string of the molecule is OC/C=C/CCCCC1C2CCC(O2)C1/C=C/C(O)C1CCCCC1. The highest BCUT2D eigenvalue weighted by atomic mass is 16.5. The molecule has 5 atom stereocenters. The summed E-state index contributed by atoms with van der Waals surface area (Å²) >= 11 is 0. The van der Waals surface area contributed by atoms with E-state index in [1.54, 1.807) is 0 Å². The lowest BCUT2D eigenvalue weighted by molar-refractivity contribution is 0.0883. The minimum absolute atomic E-state index is 0.149. The van der Waals surface area contributed by atoms with Gasteiger partial charge >= 0.3 is 0 Å². The molecule has 0 spiro atoms. The van der Waals surface area contributed by atoms with Gasteiger partial charge in [-0.15, -0.1) is 0 Å². The molecular weight excluding hydrogens is 312 g/mol. The van der Waals surface area contributed by atoms with Gasteiger partial charge in [0.25, 0.3) is 0 Å². The predicted octanol–water partition coefficient (Wildman–Crippen LogP) is 4.39. The fourth-order valence-corrected chi connectivity index (χ4v) is 5.17. The molecule has 0 amide bonds. The average molecular weight is 349 g/mol. The van der Waals surface area contributed by atoms with Crippen molar-refractivity contribution in [3.63, 3.8) is 0 Å². The number of unbranched alkanes of at least 4 members (excludes halogenated alkanes) is 2. The molecule has 3 heteroatoms. The Bertz CT molecular complexity index is 439. The van der Waals surface area contributed by atoms with Crippen LogP contribution in [0.2, 0.25) is 0 Å². The maximum Gasteiger partial charge on any atom is 0.0749 e. The van der Waals surface area contributed by atoms with Crippen LogP contribution in [0.4, 0.5) is 0 Å². The largest absolute Gasteiger partial charge is 0.392 e. The third-order valence-electron chi connectivity index (χ3n) is 6.58. The number of allylic oxidation sites excluding steroid dienone is 1. The molecule has 3 fully saturated rings. The van der Waals surface area contributed by atoms with Gasteiger partial charge in [-0.1, -0.05) is 50.0 Å². The van der Waals surface area contributed by atoms with Gasteiger partial charge in [0.2, 0.25) is 0 Å². The van der Waals surface area contributed by atoms with E-state index in [9.17, 15) is 5.11 Å². The van der Waals surface area contributed by atoms with Gasteiger partial charge < -0.3 is 14.9 Å². The Labute approximate surface area is 153 Å². The van der Waals surface area contributed by atoms with Crippen LogP contribution < -0.4 is 0 Å². The number of ether oxygens (including phenoxy) is 1. The van der Waals surface area contributed by atoms with Crippen LogP contribution in [-0.2, 0) is 4.74 Å². The highest BCUT2D eigenvalue weighted by Gasteiger charge is 2.47. The zero-order chi connectivity index (χ0) is 17.5. The number of rotatable bonds is 9. The van der Waals surface area contributed by atoms with Gasteiger partial charge in [0.05, 0.1) is 24.9 Å². The van der Waals surface area contributed by atoms with E-state index in [-0.39, 0.29) is 12.7 Å². The number of aliphatic hydroxyl groups excluding tert-OH is 2. The molecule has 0 aromatic rings. The second-order valence-electron chi connectivity index (χ2n) is 8.24. The van der Waals surface area contributed by atoms with Crippen molar-refractivity contribution in [2.24, 2.45) is 17.8 Å². The van der Waals surface area contributed by atoms with E-state index in [2.05, 4.69) is 18.2 Å². The van der Waals surface area contributed by atoms with E-state index < -0.39 is 0 Å². The Hall–Kier alpha value is -0.640. The summed E-state index contributed by atoms with van der Waals surface area (Å²) in [6, 6.07) is 0. The molecule has 5 unspecified atom stereocenters. The fraction of sp³-hybridized carbons (Fsp3) is 0.818. The van der Waals surface area contributed by atoms with Crippen molar-refractivity contribution in [3.8, 4) is 0 Å². The molecule has 2 saturated heterocycles. The van der Waals surface area contributed by atoms with E-state index in [0.717, 1.165) is 6.42 Å². The van der Waals surface area contributed by atoms with Gasteiger partial charge in [0, 0.05) is 5.92 Å². The van der Waals surface area contributed by atoms with Crippen molar-refractivity contribution in [2.45, 2.75) is 88.9 Å². The van der Waals surface area contributed by atoms with E-state index in [1.165, 1.54) is 64.2 Å². The lowest BCUT2D eigenvalue weighted by atomic mass is 9.76. The van der Waals surface area contributed by atoms with Gasteiger partial charge in [-0.05, 0) is 56.8 Å². The van der Waals surface area contributed by atoms with Crippen LogP contribution in [0.25, 0.3) is 0 Å². The van der Waals surface area contributed by atoms with Gasteiger partial charge in [0.15, 0.2) is 0 Å². The quantitative estimate of drug-likeness (QED) is 0.480. The average Bonchev–Trinajstić information content (AvgIpc) is 3.25. The smallest absolute Gasteiger partial charge is 0.0749 e. The summed E-state index contributed by atoms with van der Waals surface area (Å²) in [6.07, 6.45) is 22.2. The maximum atomic E-state index is 10.5. The standard InChI is InChI=1S/C22H36O3/c23-16-8-3-1-2-7-11-18-19(22-15-14-21(18)25-22)12-13-20(24)17-9-5-4-6-10-17/h3,8,12-13,17-24H,1-2,4-7,9-11,14-16H2/b8-3+,13-12+. The first-order valence-electron chi connectivity index (χ1n) is 10.6. The third kappa shape index (κ3) is 5.18. The molecule has 0 radical (unpaired) electrons. The molecular formula is C22H36O3. The zero-order valence-corrected chi connectivity index (χ0v) is 15.6. The monoisotopic (exact) mass is 348 g/mol. The van der Waals surface area contributed by atoms with Crippen molar-refractivity contribution >= 4 is 0 Å². The van der Waals surface area contributed by atoms with Crippen LogP contribution in [0.1, 0.15) is 70.6 Å². The molecule has 2 N–H and O–H groups in total. The van der Waals surface area contributed by atoms with Gasteiger partial charge in [-0.3, -0.25) is 0 Å². The Balaban J connectivity index is 1.48. The first-order chi connectivity index (χ1) is 12.3. The van der Waals surface area contributed by atoms with E-state index in [1.807, 2.05) is 6.08 Å². The van der Waals surface area contributed by atoms with Crippen molar-refractivity contribution in [3.05, 3.63) is 24.3 Å². The first kappa shape index (κ1) is 19.1. The molecule has 25 heavy (non-hydrogen) atoms. The van der Waals surface area contributed by atoms with Crippen molar-refractivity contribution < 1.29 is 14.9 Å². The molecule has 0 aromatic heterocycles. The van der Waals surface area contributed by atoms with Crippen molar-refractivity contribution in [1.29, 1.82) is 0 Å². The third-order valence-corrected chi connectivity index (χ3v) is 6.58. The summed E-state index contributed by atoms with van der Waals surface area (Å²) in [5, 5.41) is 19.3. The molecule has 3 aliphatic rings. The molecule has 3 nitrogen and oxygen atoms in total. The van der Waals surface area contributed by atoms with Crippen LogP contribution in [-0.4, -0.2) is 35.1 Å². The second-order valence-corrected chi connectivity index (χ2v) is 8.24. The summed E-state index contributed by atoms with van der Waals surface area (Å²) in [6.45, 7) is 0.149. The second kappa shape index (κ2) is 9.89. The van der Waals surface area contributed by atoms with Crippen molar-refractivity contribution in [1.82, 2.24) is 0 Å². The molecule has 2 bridgehead atoms. The molecule has 2 heterocycles. The zero-order valence-electron chi connectivity index (χ0n) is 15.6. The Morgan fingerprint density at radius 1 is 0.960 bits per heavy atom. The summed E-state index contributed by atoms with van der Waals surface area (Å²) in [5.74, 6) is 1.61. The van der Waals surface area contributed by atoms with Crippen LogP contribution in [0.15, 0.2) is 24.3 Å². The highest BCUT2D eigenvalue weighted by molar-refractivity contribution is 5.07. The number of hydrogen-bond acceptors (Lipinski definition) is 3. The lowest BCUT2D eigenvalue weighted by Gasteiger charge is -2.27. The molecule has 1 saturated carbocycles. The predicted molar refractivity (Wildman–Crippen MR) is 101 cm³/mol. The summed E-state index contributed by atoms with van der Waals surface area (Å²) in [5.41, 5.74) is 0. The number of hydrogen-bond donors (Lipinski definition) is 2. The first-order valence-corrected chi connectivity index (χ1v) is 10.6. The van der Waals surface area contributed by atoms with Crippen LogP contribution in [0, 0.1) is 17.8 Å². The van der Waals surface area contributed by atoms with Crippen LogP contribution in [0.3, 0.4) is 0 Å². The summed E-state index contributed by atoms with van der Waals surface area (Å²) in [7, 11) is 0. The number of aliphatic hydroxyl groups is 2. The van der Waals surface area contributed by atoms with Crippen LogP contribution in [0.5, 0.6) is 0 Å². The van der Waals surface area contributed by atoms with E-state index in [0.29, 0.717) is 30.0 Å². The van der Waals surface area contributed by atoms with E-state index in [4.69, 9.17) is 9.84 Å².